The van der Waals surface area contributed by atoms with Crippen LogP contribution in [0.1, 0.15) is 6.92 Å². The smallest absolute Gasteiger partial charge is 0.240 e. The van der Waals surface area contributed by atoms with Crippen LogP contribution in [0.3, 0.4) is 0 Å². The SMILES string of the molecule is CCNCCNS(=O)(=O)c1ccc(F)c(Cl)c1. The first-order valence-corrected chi connectivity index (χ1v) is 6.99. The molecule has 0 radical (unpaired) electrons. The summed E-state index contributed by atoms with van der Waals surface area (Å²) >= 11 is 5.52. The van der Waals surface area contributed by atoms with Crippen LogP contribution in [-0.4, -0.2) is 28.1 Å². The normalized spacial score (nSPS) is 11.7. The maximum Gasteiger partial charge on any atom is 0.240 e. The van der Waals surface area contributed by atoms with Gasteiger partial charge >= 0.3 is 0 Å². The lowest BCUT2D eigenvalue weighted by molar-refractivity contribution is 0.576. The molecule has 0 aliphatic heterocycles. The second kappa shape index (κ2) is 6.30. The Morgan fingerprint density at radius 1 is 1.35 bits per heavy atom. The van der Waals surface area contributed by atoms with Crippen LogP contribution >= 0.6 is 11.6 Å². The molecule has 17 heavy (non-hydrogen) atoms. The van der Waals surface area contributed by atoms with Gasteiger partial charge in [0.25, 0.3) is 0 Å². The van der Waals surface area contributed by atoms with E-state index in [0.29, 0.717) is 6.54 Å². The Labute approximate surface area is 105 Å². The van der Waals surface area contributed by atoms with E-state index < -0.39 is 15.8 Å². The molecule has 96 valence electrons. The molecule has 1 rings (SSSR count). The van der Waals surface area contributed by atoms with Gasteiger partial charge in [-0.2, -0.15) is 0 Å². The van der Waals surface area contributed by atoms with E-state index in [4.69, 9.17) is 11.6 Å². The summed E-state index contributed by atoms with van der Waals surface area (Å²) in [5, 5.41) is 2.77. The highest BCUT2D eigenvalue weighted by atomic mass is 35.5. The van der Waals surface area contributed by atoms with Crippen molar-refractivity contribution in [1.82, 2.24) is 10.0 Å². The van der Waals surface area contributed by atoms with E-state index >= 15 is 0 Å². The van der Waals surface area contributed by atoms with E-state index in [1.54, 1.807) is 0 Å². The van der Waals surface area contributed by atoms with Crippen molar-refractivity contribution in [1.29, 1.82) is 0 Å². The lowest BCUT2D eigenvalue weighted by Gasteiger charge is -2.07. The Balaban J connectivity index is 2.72. The van der Waals surface area contributed by atoms with Crippen molar-refractivity contribution in [3.05, 3.63) is 29.0 Å². The van der Waals surface area contributed by atoms with E-state index in [1.807, 2.05) is 6.92 Å². The maximum atomic E-state index is 12.9. The second-order valence-electron chi connectivity index (χ2n) is 3.33. The number of sulfonamides is 1. The molecular formula is C10H14ClFN2O2S. The van der Waals surface area contributed by atoms with E-state index in [9.17, 15) is 12.8 Å². The fourth-order valence-corrected chi connectivity index (χ4v) is 2.48. The van der Waals surface area contributed by atoms with Gasteiger partial charge in [0, 0.05) is 13.1 Å². The monoisotopic (exact) mass is 280 g/mol. The molecule has 1 aromatic carbocycles. The quantitative estimate of drug-likeness (QED) is 0.774. The first-order valence-electron chi connectivity index (χ1n) is 5.13. The van der Waals surface area contributed by atoms with Crippen molar-refractivity contribution < 1.29 is 12.8 Å². The molecule has 0 aliphatic rings. The molecule has 7 heteroatoms. The molecule has 0 bridgehead atoms. The summed E-state index contributed by atoms with van der Waals surface area (Å²) in [7, 11) is -3.62. The Hall–Kier alpha value is -0.690. The van der Waals surface area contributed by atoms with Crippen molar-refractivity contribution in [3.63, 3.8) is 0 Å². The molecule has 0 spiro atoms. The van der Waals surface area contributed by atoms with Gasteiger partial charge in [-0.3, -0.25) is 0 Å². The molecule has 0 aliphatic carbocycles. The average molecular weight is 281 g/mol. The van der Waals surface area contributed by atoms with Crippen LogP contribution in [0.4, 0.5) is 4.39 Å². The minimum absolute atomic E-state index is 0.0413. The predicted octanol–water partition coefficient (Wildman–Crippen LogP) is 1.37. The first-order chi connectivity index (χ1) is 7.97. The third-order valence-electron chi connectivity index (χ3n) is 2.05. The zero-order valence-electron chi connectivity index (χ0n) is 9.33. The highest BCUT2D eigenvalue weighted by molar-refractivity contribution is 7.89. The number of benzene rings is 1. The van der Waals surface area contributed by atoms with E-state index in [-0.39, 0.29) is 16.5 Å². The Kier molecular flexibility index (Phi) is 5.32. The molecule has 0 aromatic heterocycles. The zero-order chi connectivity index (χ0) is 12.9. The minimum Gasteiger partial charge on any atom is -0.316 e. The van der Waals surface area contributed by atoms with Crippen LogP contribution in [0.15, 0.2) is 23.1 Å². The first kappa shape index (κ1) is 14.4. The van der Waals surface area contributed by atoms with Gasteiger partial charge in [-0.25, -0.2) is 17.5 Å². The molecule has 0 saturated heterocycles. The maximum absolute atomic E-state index is 12.9. The van der Waals surface area contributed by atoms with Crippen LogP contribution < -0.4 is 10.0 Å². The number of likely N-dealkylation sites (N-methyl/N-ethyl adjacent to an activating group) is 1. The van der Waals surface area contributed by atoms with Crippen LogP contribution in [-0.2, 0) is 10.0 Å². The number of hydrogen-bond acceptors (Lipinski definition) is 3. The lowest BCUT2D eigenvalue weighted by Crippen LogP contribution is -2.31. The number of hydrogen-bond donors (Lipinski definition) is 2. The summed E-state index contributed by atoms with van der Waals surface area (Å²) in [5.41, 5.74) is 0. The zero-order valence-corrected chi connectivity index (χ0v) is 10.9. The summed E-state index contributed by atoms with van der Waals surface area (Å²) in [6.45, 7) is 3.49. The molecule has 0 unspecified atom stereocenters. The largest absolute Gasteiger partial charge is 0.316 e. The lowest BCUT2D eigenvalue weighted by atomic mass is 10.3. The van der Waals surface area contributed by atoms with E-state index in [2.05, 4.69) is 10.0 Å². The molecular weight excluding hydrogens is 267 g/mol. The van der Waals surface area contributed by atoms with Gasteiger partial charge < -0.3 is 5.32 Å². The summed E-state index contributed by atoms with van der Waals surface area (Å²) in [6.07, 6.45) is 0. The van der Waals surface area contributed by atoms with Gasteiger partial charge in [0.05, 0.1) is 9.92 Å². The van der Waals surface area contributed by atoms with Gasteiger partial charge in [-0.05, 0) is 24.7 Å². The van der Waals surface area contributed by atoms with Crippen molar-refractivity contribution in [2.24, 2.45) is 0 Å². The van der Waals surface area contributed by atoms with Gasteiger partial charge in [-0.1, -0.05) is 18.5 Å². The molecule has 0 heterocycles. The summed E-state index contributed by atoms with van der Waals surface area (Å²) in [6, 6.07) is 3.30. The molecule has 1 aromatic rings. The van der Waals surface area contributed by atoms with Crippen molar-refractivity contribution in [2.75, 3.05) is 19.6 Å². The summed E-state index contributed by atoms with van der Waals surface area (Å²) < 4.78 is 38.7. The van der Waals surface area contributed by atoms with Gasteiger partial charge in [0.2, 0.25) is 10.0 Å². The van der Waals surface area contributed by atoms with Gasteiger partial charge in [-0.15, -0.1) is 0 Å². The number of halogens is 2. The molecule has 2 N–H and O–H groups in total. The molecule has 0 amide bonds. The Morgan fingerprint density at radius 2 is 2.06 bits per heavy atom. The number of nitrogens with one attached hydrogen (secondary N) is 2. The third-order valence-corrected chi connectivity index (χ3v) is 3.79. The Bertz CT molecular complexity index is 479. The second-order valence-corrected chi connectivity index (χ2v) is 5.50. The fourth-order valence-electron chi connectivity index (χ4n) is 1.18. The standard InChI is InChI=1S/C10H14ClFN2O2S/c1-2-13-5-6-14-17(15,16)8-3-4-10(12)9(11)7-8/h3-4,7,13-14H,2,5-6H2,1H3. The predicted molar refractivity (Wildman–Crippen MR) is 65.1 cm³/mol. The van der Waals surface area contributed by atoms with Crippen molar-refractivity contribution in [2.45, 2.75) is 11.8 Å². The highest BCUT2D eigenvalue weighted by Gasteiger charge is 2.14. The van der Waals surface area contributed by atoms with Crippen LogP contribution in [0.25, 0.3) is 0 Å². The highest BCUT2D eigenvalue weighted by Crippen LogP contribution is 2.18. The number of rotatable bonds is 6. The van der Waals surface area contributed by atoms with Crippen molar-refractivity contribution in [3.8, 4) is 0 Å². The molecule has 0 saturated carbocycles. The van der Waals surface area contributed by atoms with Crippen LogP contribution in [0.2, 0.25) is 5.02 Å². The molecule has 0 fully saturated rings. The van der Waals surface area contributed by atoms with Crippen molar-refractivity contribution >= 4 is 21.6 Å². The van der Waals surface area contributed by atoms with Gasteiger partial charge in [0.15, 0.2) is 0 Å². The summed E-state index contributed by atoms with van der Waals surface area (Å²) in [5.74, 6) is -0.640. The Morgan fingerprint density at radius 3 is 2.65 bits per heavy atom. The minimum atomic E-state index is -3.62. The average Bonchev–Trinajstić information content (AvgIpc) is 2.28. The summed E-state index contributed by atoms with van der Waals surface area (Å²) in [4.78, 5) is -0.0413. The fraction of sp³-hybridized carbons (Fsp3) is 0.400. The molecule has 0 atom stereocenters. The van der Waals surface area contributed by atoms with E-state index in [0.717, 1.165) is 18.7 Å². The van der Waals surface area contributed by atoms with E-state index in [1.165, 1.54) is 6.07 Å². The molecule has 4 nitrogen and oxygen atoms in total. The van der Waals surface area contributed by atoms with Crippen LogP contribution in [0, 0.1) is 5.82 Å². The third kappa shape index (κ3) is 4.23. The van der Waals surface area contributed by atoms with Crippen LogP contribution in [0.5, 0.6) is 0 Å². The topological polar surface area (TPSA) is 58.2 Å². The van der Waals surface area contributed by atoms with Gasteiger partial charge in [0.1, 0.15) is 5.82 Å².